The zero-order valence-electron chi connectivity index (χ0n) is 13.8. The third-order valence-electron chi connectivity index (χ3n) is 3.74. The molecule has 124 valence electrons. The van der Waals surface area contributed by atoms with Gasteiger partial charge in [0.05, 0.1) is 18.4 Å². The predicted octanol–water partition coefficient (Wildman–Crippen LogP) is 2.86. The van der Waals surface area contributed by atoms with Crippen molar-refractivity contribution in [1.82, 2.24) is 25.0 Å². The van der Waals surface area contributed by atoms with Gasteiger partial charge in [0.25, 0.3) is 0 Å². The number of nitrogens with one attached hydrogen (secondary N) is 1. The molecule has 6 heteroatoms. The molecule has 24 heavy (non-hydrogen) atoms. The molecule has 1 aromatic carbocycles. The van der Waals surface area contributed by atoms with Gasteiger partial charge in [0, 0.05) is 11.9 Å². The molecular formula is C18H22N6. The van der Waals surface area contributed by atoms with Crippen molar-refractivity contribution in [2.75, 3.05) is 5.73 Å². The summed E-state index contributed by atoms with van der Waals surface area (Å²) in [5, 5.41) is 8.46. The van der Waals surface area contributed by atoms with E-state index in [1.165, 1.54) is 11.1 Å². The van der Waals surface area contributed by atoms with E-state index in [-0.39, 0.29) is 0 Å². The number of aromatic nitrogens is 5. The van der Waals surface area contributed by atoms with Crippen molar-refractivity contribution in [3.05, 3.63) is 65.2 Å². The van der Waals surface area contributed by atoms with Crippen molar-refractivity contribution >= 4 is 12.0 Å². The van der Waals surface area contributed by atoms with Gasteiger partial charge in [-0.2, -0.15) is 0 Å². The zero-order chi connectivity index (χ0) is 16.8. The van der Waals surface area contributed by atoms with E-state index in [0.29, 0.717) is 5.95 Å². The smallest absolute Gasteiger partial charge is 0.197 e. The van der Waals surface area contributed by atoms with Crippen LogP contribution in [0.15, 0.2) is 48.3 Å². The molecule has 0 fully saturated rings. The van der Waals surface area contributed by atoms with E-state index in [9.17, 15) is 0 Å². The summed E-state index contributed by atoms with van der Waals surface area (Å²) in [6, 6.07) is 10.3. The molecule has 0 unspecified atom stereocenters. The molecule has 0 atom stereocenters. The van der Waals surface area contributed by atoms with Crippen LogP contribution >= 0.6 is 0 Å². The number of aryl methyl sites for hydroxylation is 2. The standard InChI is InChI=1S/C18H22N6/c1-14(10-15-6-3-2-4-7-15)12-24-13-17(22-23-24)9-5-8-16-11-20-18(19)21-16/h2-4,6-7,10-11,13H,5,8-9,12H2,1H3,(H3,19,20,21). The van der Waals surface area contributed by atoms with Gasteiger partial charge in [0.1, 0.15) is 0 Å². The molecular weight excluding hydrogens is 300 g/mol. The number of aromatic amines is 1. The van der Waals surface area contributed by atoms with Crippen LogP contribution in [0.3, 0.4) is 0 Å². The molecule has 2 aromatic heterocycles. The van der Waals surface area contributed by atoms with E-state index in [1.807, 2.05) is 29.1 Å². The summed E-state index contributed by atoms with van der Waals surface area (Å²) in [5.41, 5.74) is 10.1. The van der Waals surface area contributed by atoms with E-state index < -0.39 is 0 Å². The van der Waals surface area contributed by atoms with Gasteiger partial charge in [-0.1, -0.05) is 47.2 Å². The van der Waals surface area contributed by atoms with Crippen molar-refractivity contribution in [2.24, 2.45) is 0 Å². The zero-order valence-corrected chi connectivity index (χ0v) is 13.8. The normalized spacial score (nSPS) is 11.8. The van der Waals surface area contributed by atoms with E-state index >= 15 is 0 Å². The first kappa shape index (κ1) is 16.0. The highest BCUT2D eigenvalue weighted by Crippen LogP contribution is 2.09. The van der Waals surface area contributed by atoms with Crippen LogP contribution in [0.1, 0.15) is 30.3 Å². The summed E-state index contributed by atoms with van der Waals surface area (Å²) in [6.45, 7) is 2.86. The third-order valence-corrected chi connectivity index (χ3v) is 3.74. The van der Waals surface area contributed by atoms with Crippen LogP contribution in [0.5, 0.6) is 0 Å². The minimum Gasteiger partial charge on any atom is -0.369 e. The highest BCUT2D eigenvalue weighted by atomic mass is 15.4. The Morgan fingerprint density at radius 3 is 2.83 bits per heavy atom. The molecule has 3 aromatic rings. The number of rotatable bonds is 7. The molecule has 0 aliphatic heterocycles. The number of allylic oxidation sites excluding steroid dienone is 1. The lowest BCUT2D eigenvalue weighted by Gasteiger charge is -2.01. The Morgan fingerprint density at radius 2 is 2.08 bits per heavy atom. The number of nitrogen functional groups attached to an aromatic ring is 1. The number of H-pyrrole nitrogens is 1. The Kier molecular flexibility index (Phi) is 5.05. The maximum atomic E-state index is 5.57. The van der Waals surface area contributed by atoms with Gasteiger partial charge >= 0.3 is 0 Å². The van der Waals surface area contributed by atoms with Crippen molar-refractivity contribution in [3.8, 4) is 0 Å². The van der Waals surface area contributed by atoms with Gasteiger partial charge in [-0.25, -0.2) is 9.67 Å². The fourth-order valence-corrected chi connectivity index (χ4v) is 2.63. The third kappa shape index (κ3) is 4.55. The molecule has 6 nitrogen and oxygen atoms in total. The Labute approximate surface area is 141 Å². The first-order chi connectivity index (χ1) is 11.7. The van der Waals surface area contributed by atoms with Gasteiger partial charge in [0.2, 0.25) is 0 Å². The molecule has 0 saturated heterocycles. The molecule has 3 N–H and O–H groups in total. The highest BCUT2D eigenvalue weighted by molar-refractivity contribution is 5.51. The molecule has 0 spiro atoms. The van der Waals surface area contributed by atoms with E-state index in [0.717, 1.165) is 37.2 Å². The summed E-state index contributed by atoms with van der Waals surface area (Å²) in [5.74, 6) is 0.469. The fourth-order valence-electron chi connectivity index (χ4n) is 2.63. The van der Waals surface area contributed by atoms with Crippen LogP contribution in [0.4, 0.5) is 5.95 Å². The van der Waals surface area contributed by atoms with E-state index in [1.54, 1.807) is 6.20 Å². The molecule has 0 aliphatic rings. The lowest BCUT2D eigenvalue weighted by molar-refractivity contribution is 0.643. The second kappa shape index (κ2) is 7.59. The van der Waals surface area contributed by atoms with Crippen molar-refractivity contribution in [2.45, 2.75) is 32.7 Å². The summed E-state index contributed by atoms with van der Waals surface area (Å²) in [6.07, 6.45) is 8.75. The number of nitrogens with two attached hydrogens (primary N) is 1. The number of imidazole rings is 1. The molecule has 0 saturated carbocycles. The SMILES string of the molecule is CC(=Cc1ccccc1)Cn1cc(CCCc2cnc(N)[nH]2)nn1. The molecule has 0 bridgehead atoms. The van der Waals surface area contributed by atoms with Crippen LogP contribution < -0.4 is 5.73 Å². The number of benzene rings is 1. The van der Waals surface area contributed by atoms with Crippen LogP contribution in [0.2, 0.25) is 0 Å². The molecule has 2 heterocycles. The maximum Gasteiger partial charge on any atom is 0.197 e. The highest BCUT2D eigenvalue weighted by Gasteiger charge is 2.03. The second-order valence-electron chi connectivity index (χ2n) is 5.96. The van der Waals surface area contributed by atoms with Crippen LogP contribution in [0.25, 0.3) is 6.08 Å². The van der Waals surface area contributed by atoms with Gasteiger partial charge < -0.3 is 10.7 Å². The Morgan fingerprint density at radius 1 is 1.25 bits per heavy atom. The van der Waals surface area contributed by atoms with Crippen molar-refractivity contribution in [3.63, 3.8) is 0 Å². The lowest BCUT2D eigenvalue weighted by Crippen LogP contribution is -1.99. The lowest BCUT2D eigenvalue weighted by atomic mass is 10.1. The average Bonchev–Trinajstić information content (AvgIpc) is 3.17. The first-order valence-corrected chi connectivity index (χ1v) is 8.09. The number of anilines is 1. The molecule has 0 amide bonds. The minimum absolute atomic E-state index is 0.469. The van der Waals surface area contributed by atoms with Crippen LogP contribution in [-0.4, -0.2) is 25.0 Å². The summed E-state index contributed by atoms with van der Waals surface area (Å²) < 4.78 is 1.89. The summed E-state index contributed by atoms with van der Waals surface area (Å²) in [4.78, 5) is 7.03. The summed E-state index contributed by atoms with van der Waals surface area (Å²) >= 11 is 0. The van der Waals surface area contributed by atoms with E-state index in [4.69, 9.17) is 5.73 Å². The van der Waals surface area contributed by atoms with Crippen LogP contribution in [-0.2, 0) is 19.4 Å². The fraction of sp³-hybridized carbons (Fsp3) is 0.278. The molecule has 3 rings (SSSR count). The Hall–Kier alpha value is -2.89. The van der Waals surface area contributed by atoms with Crippen molar-refractivity contribution < 1.29 is 0 Å². The monoisotopic (exact) mass is 322 g/mol. The van der Waals surface area contributed by atoms with Crippen LogP contribution in [0, 0.1) is 0 Å². The average molecular weight is 322 g/mol. The maximum absolute atomic E-state index is 5.57. The Balaban J connectivity index is 1.50. The number of hydrogen-bond acceptors (Lipinski definition) is 4. The Bertz CT molecular complexity index is 800. The first-order valence-electron chi connectivity index (χ1n) is 8.09. The predicted molar refractivity (Wildman–Crippen MR) is 95.1 cm³/mol. The second-order valence-corrected chi connectivity index (χ2v) is 5.96. The quantitative estimate of drug-likeness (QED) is 0.700. The van der Waals surface area contributed by atoms with Gasteiger partial charge in [-0.05, 0) is 31.7 Å². The number of hydrogen-bond donors (Lipinski definition) is 2. The van der Waals surface area contributed by atoms with Gasteiger partial charge in [0.15, 0.2) is 5.95 Å². The van der Waals surface area contributed by atoms with Crippen molar-refractivity contribution in [1.29, 1.82) is 0 Å². The summed E-state index contributed by atoms with van der Waals surface area (Å²) in [7, 11) is 0. The van der Waals surface area contributed by atoms with Gasteiger partial charge in [-0.3, -0.25) is 0 Å². The molecule has 0 aliphatic carbocycles. The van der Waals surface area contributed by atoms with Gasteiger partial charge in [-0.15, -0.1) is 5.10 Å². The number of nitrogens with zero attached hydrogens (tertiary/aromatic N) is 4. The topological polar surface area (TPSA) is 85.4 Å². The largest absolute Gasteiger partial charge is 0.369 e. The minimum atomic E-state index is 0.469. The molecule has 0 radical (unpaired) electrons. The van der Waals surface area contributed by atoms with E-state index in [2.05, 4.69) is 45.4 Å².